The second-order valence-electron chi connectivity index (χ2n) is 3.88. The molecule has 0 aliphatic heterocycles. The van der Waals surface area contributed by atoms with Crippen molar-refractivity contribution in [3.8, 4) is 0 Å². The quantitative estimate of drug-likeness (QED) is 0.849. The van der Waals surface area contributed by atoms with E-state index in [4.69, 9.17) is 0 Å². The molecule has 0 bridgehead atoms. The van der Waals surface area contributed by atoms with Gasteiger partial charge in [-0.1, -0.05) is 24.3 Å². The molecule has 4 heteroatoms. The fourth-order valence-electron chi connectivity index (χ4n) is 1.64. The van der Waals surface area contributed by atoms with Crippen molar-refractivity contribution in [2.45, 2.75) is 13.5 Å². The Morgan fingerprint density at radius 1 is 1.00 bits per heavy atom. The zero-order chi connectivity index (χ0) is 12.8. The molecule has 0 atom stereocenters. The summed E-state index contributed by atoms with van der Waals surface area (Å²) in [5.41, 5.74) is 0.633. The predicted molar refractivity (Wildman–Crippen MR) is 72.1 cm³/mol. The van der Waals surface area contributed by atoms with Gasteiger partial charge in [0.25, 0.3) is 0 Å². The van der Waals surface area contributed by atoms with Crippen molar-refractivity contribution in [3.05, 3.63) is 53.8 Å². The van der Waals surface area contributed by atoms with E-state index in [0.29, 0.717) is 12.1 Å². The van der Waals surface area contributed by atoms with Crippen LogP contribution in [0.2, 0.25) is 0 Å². The molecule has 3 nitrogen and oxygen atoms in total. The molecular formula is C14H16FN3. The minimum absolute atomic E-state index is 0.201. The van der Waals surface area contributed by atoms with Gasteiger partial charge in [0.05, 0.1) is 0 Å². The number of aromatic nitrogens is 1. The third-order valence-corrected chi connectivity index (χ3v) is 2.52. The first kappa shape index (κ1) is 12.4. The first-order valence-electron chi connectivity index (χ1n) is 5.98. The van der Waals surface area contributed by atoms with E-state index in [9.17, 15) is 4.39 Å². The Morgan fingerprint density at radius 3 is 2.44 bits per heavy atom. The van der Waals surface area contributed by atoms with Gasteiger partial charge in [-0.05, 0) is 25.1 Å². The second-order valence-corrected chi connectivity index (χ2v) is 3.88. The van der Waals surface area contributed by atoms with Crippen molar-refractivity contribution in [2.75, 3.05) is 17.2 Å². The van der Waals surface area contributed by atoms with E-state index in [1.807, 2.05) is 31.2 Å². The summed E-state index contributed by atoms with van der Waals surface area (Å²) in [6.07, 6.45) is 0. The first-order chi connectivity index (χ1) is 8.79. The standard InChI is InChI=1S/C14H16FN3/c1-2-16-13-8-5-9-14(18-13)17-10-11-6-3-4-7-12(11)15/h3-9H,2,10H2,1H3,(H2,16,17,18). The molecule has 0 aliphatic rings. The Kier molecular flexibility index (Phi) is 4.12. The Balaban J connectivity index is 2.02. The lowest BCUT2D eigenvalue weighted by Gasteiger charge is -2.08. The van der Waals surface area contributed by atoms with Gasteiger partial charge in [-0.2, -0.15) is 0 Å². The minimum atomic E-state index is -0.201. The van der Waals surface area contributed by atoms with E-state index in [0.717, 1.165) is 18.2 Å². The molecule has 1 heterocycles. The first-order valence-corrected chi connectivity index (χ1v) is 5.98. The fraction of sp³-hybridized carbons (Fsp3) is 0.214. The van der Waals surface area contributed by atoms with E-state index in [-0.39, 0.29) is 5.82 Å². The molecule has 0 amide bonds. The molecular weight excluding hydrogens is 229 g/mol. The number of hydrogen-bond donors (Lipinski definition) is 2. The van der Waals surface area contributed by atoms with Crippen LogP contribution in [0.15, 0.2) is 42.5 Å². The van der Waals surface area contributed by atoms with Crippen LogP contribution in [-0.2, 0) is 6.54 Å². The van der Waals surface area contributed by atoms with Crippen molar-refractivity contribution in [1.29, 1.82) is 0 Å². The lowest BCUT2D eigenvalue weighted by atomic mass is 10.2. The molecule has 0 fully saturated rings. The third-order valence-electron chi connectivity index (χ3n) is 2.52. The van der Waals surface area contributed by atoms with Crippen molar-refractivity contribution in [3.63, 3.8) is 0 Å². The fourth-order valence-corrected chi connectivity index (χ4v) is 1.64. The predicted octanol–water partition coefficient (Wildman–Crippen LogP) is 3.26. The monoisotopic (exact) mass is 245 g/mol. The second kappa shape index (κ2) is 6.00. The highest BCUT2D eigenvalue weighted by molar-refractivity contribution is 5.45. The Morgan fingerprint density at radius 2 is 1.72 bits per heavy atom. The van der Waals surface area contributed by atoms with Gasteiger partial charge in [-0.25, -0.2) is 9.37 Å². The zero-order valence-electron chi connectivity index (χ0n) is 10.3. The van der Waals surface area contributed by atoms with Gasteiger partial charge in [0.2, 0.25) is 0 Å². The van der Waals surface area contributed by atoms with Crippen molar-refractivity contribution < 1.29 is 4.39 Å². The van der Waals surface area contributed by atoms with Crippen molar-refractivity contribution in [1.82, 2.24) is 4.98 Å². The van der Waals surface area contributed by atoms with E-state index >= 15 is 0 Å². The lowest BCUT2D eigenvalue weighted by molar-refractivity contribution is 0.613. The van der Waals surface area contributed by atoms with Crippen LogP contribution in [0.25, 0.3) is 0 Å². The molecule has 2 aromatic rings. The summed E-state index contributed by atoms with van der Waals surface area (Å²) in [7, 11) is 0. The minimum Gasteiger partial charge on any atom is -0.370 e. The van der Waals surface area contributed by atoms with E-state index in [2.05, 4.69) is 15.6 Å². The lowest BCUT2D eigenvalue weighted by Crippen LogP contribution is -2.05. The maximum atomic E-state index is 13.4. The number of nitrogens with zero attached hydrogens (tertiary/aromatic N) is 1. The zero-order valence-corrected chi connectivity index (χ0v) is 10.3. The molecule has 2 rings (SSSR count). The van der Waals surface area contributed by atoms with Gasteiger partial charge in [0, 0.05) is 18.7 Å². The summed E-state index contributed by atoms with van der Waals surface area (Å²) in [4.78, 5) is 4.36. The van der Waals surface area contributed by atoms with Gasteiger partial charge >= 0.3 is 0 Å². The van der Waals surface area contributed by atoms with Gasteiger partial charge in [0.15, 0.2) is 0 Å². The van der Waals surface area contributed by atoms with E-state index in [1.165, 1.54) is 6.07 Å². The van der Waals surface area contributed by atoms with Crippen LogP contribution >= 0.6 is 0 Å². The highest BCUT2D eigenvalue weighted by Crippen LogP contribution is 2.12. The summed E-state index contributed by atoms with van der Waals surface area (Å²) in [6.45, 7) is 3.26. The van der Waals surface area contributed by atoms with Crippen LogP contribution in [0.3, 0.4) is 0 Å². The SMILES string of the molecule is CCNc1cccc(NCc2ccccc2F)n1. The van der Waals surface area contributed by atoms with Gasteiger partial charge < -0.3 is 10.6 Å². The van der Waals surface area contributed by atoms with Crippen LogP contribution < -0.4 is 10.6 Å². The Labute approximate surface area is 106 Å². The molecule has 2 N–H and O–H groups in total. The molecule has 1 aromatic heterocycles. The Hall–Kier alpha value is -2.10. The number of pyridine rings is 1. The Bertz CT molecular complexity index is 514. The smallest absolute Gasteiger partial charge is 0.128 e. The molecule has 0 aliphatic carbocycles. The van der Waals surface area contributed by atoms with E-state index in [1.54, 1.807) is 12.1 Å². The maximum Gasteiger partial charge on any atom is 0.128 e. The normalized spacial score (nSPS) is 10.1. The summed E-state index contributed by atoms with van der Waals surface area (Å²) < 4.78 is 13.4. The molecule has 0 unspecified atom stereocenters. The van der Waals surface area contributed by atoms with Crippen LogP contribution in [0, 0.1) is 5.82 Å². The van der Waals surface area contributed by atoms with E-state index < -0.39 is 0 Å². The van der Waals surface area contributed by atoms with Crippen molar-refractivity contribution in [2.24, 2.45) is 0 Å². The number of benzene rings is 1. The third kappa shape index (κ3) is 3.20. The van der Waals surface area contributed by atoms with Crippen LogP contribution in [0.5, 0.6) is 0 Å². The number of nitrogens with one attached hydrogen (secondary N) is 2. The summed E-state index contributed by atoms with van der Waals surface area (Å²) in [5, 5.41) is 6.24. The summed E-state index contributed by atoms with van der Waals surface area (Å²) in [5.74, 6) is 1.35. The molecule has 18 heavy (non-hydrogen) atoms. The summed E-state index contributed by atoms with van der Waals surface area (Å²) in [6, 6.07) is 12.4. The number of halogens is 1. The van der Waals surface area contributed by atoms with Gasteiger partial charge in [-0.15, -0.1) is 0 Å². The largest absolute Gasteiger partial charge is 0.370 e. The molecule has 0 spiro atoms. The molecule has 1 aromatic carbocycles. The van der Waals surface area contributed by atoms with Gasteiger partial charge in [0.1, 0.15) is 17.5 Å². The molecule has 0 saturated carbocycles. The number of hydrogen-bond acceptors (Lipinski definition) is 3. The highest BCUT2D eigenvalue weighted by atomic mass is 19.1. The highest BCUT2D eigenvalue weighted by Gasteiger charge is 2.01. The molecule has 0 saturated heterocycles. The maximum absolute atomic E-state index is 13.4. The number of rotatable bonds is 5. The van der Waals surface area contributed by atoms with Crippen LogP contribution in [-0.4, -0.2) is 11.5 Å². The summed E-state index contributed by atoms with van der Waals surface area (Å²) >= 11 is 0. The van der Waals surface area contributed by atoms with Crippen LogP contribution in [0.4, 0.5) is 16.0 Å². The van der Waals surface area contributed by atoms with Crippen LogP contribution in [0.1, 0.15) is 12.5 Å². The number of anilines is 2. The topological polar surface area (TPSA) is 37.0 Å². The van der Waals surface area contributed by atoms with Crippen molar-refractivity contribution >= 4 is 11.6 Å². The van der Waals surface area contributed by atoms with Gasteiger partial charge in [-0.3, -0.25) is 0 Å². The average Bonchev–Trinajstić information content (AvgIpc) is 2.39. The molecule has 94 valence electrons. The molecule has 0 radical (unpaired) electrons. The average molecular weight is 245 g/mol.